The Morgan fingerprint density at radius 1 is 1.21 bits per heavy atom. The summed E-state index contributed by atoms with van der Waals surface area (Å²) in [6.45, 7) is 1.63. The number of halogens is 1. The van der Waals surface area contributed by atoms with Crippen molar-refractivity contribution >= 4 is 50.8 Å². The molecule has 0 aliphatic rings. The first-order chi connectivity index (χ1) is 13.3. The zero-order chi connectivity index (χ0) is 20.7. The Morgan fingerprint density at radius 3 is 2.64 bits per heavy atom. The van der Waals surface area contributed by atoms with Crippen LogP contribution in [0.1, 0.15) is 15.9 Å². The molecule has 0 bridgehead atoms. The smallest absolute Gasteiger partial charge is 0.270 e. The number of non-ortho nitro benzene ring substituents is 1. The second-order valence-electron chi connectivity index (χ2n) is 5.49. The first-order valence-corrected chi connectivity index (χ1v) is 9.00. The number of nitrogens with one attached hydrogen (secondary N) is 3. The van der Waals surface area contributed by atoms with Crippen molar-refractivity contribution in [3.8, 4) is 5.75 Å². The largest absolute Gasteiger partial charge is 0.483 e. The van der Waals surface area contributed by atoms with Crippen LogP contribution in [0.5, 0.6) is 5.75 Å². The molecule has 0 aromatic heterocycles. The van der Waals surface area contributed by atoms with E-state index < -0.39 is 16.7 Å². The summed E-state index contributed by atoms with van der Waals surface area (Å²) in [5, 5.41) is 12.9. The number of nitro groups is 1. The van der Waals surface area contributed by atoms with Crippen molar-refractivity contribution in [2.24, 2.45) is 0 Å². The number of hydrogen-bond donors (Lipinski definition) is 3. The van der Waals surface area contributed by atoms with E-state index in [-0.39, 0.29) is 23.0 Å². The number of carbonyl (C=O) groups is 2. The molecule has 11 heteroatoms. The molecule has 2 aromatic rings. The summed E-state index contributed by atoms with van der Waals surface area (Å²) < 4.78 is 6.10. The van der Waals surface area contributed by atoms with Crippen molar-refractivity contribution in [2.45, 2.75) is 6.92 Å². The Bertz CT molecular complexity index is 938. The van der Waals surface area contributed by atoms with Crippen LogP contribution in [0.25, 0.3) is 0 Å². The van der Waals surface area contributed by atoms with Crippen LogP contribution in [0.2, 0.25) is 0 Å². The van der Waals surface area contributed by atoms with E-state index in [9.17, 15) is 19.7 Å². The summed E-state index contributed by atoms with van der Waals surface area (Å²) in [5.41, 5.74) is 5.46. The lowest BCUT2D eigenvalue weighted by atomic mass is 10.2. The minimum Gasteiger partial charge on any atom is -0.483 e. The van der Waals surface area contributed by atoms with Crippen LogP contribution in [-0.2, 0) is 4.79 Å². The molecule has 0 aliphatic carbocycles. The van der Waals surface area contributed by atoms with Gasteiger partial charge in [-0.3, -0.25) is 35.9 Å². The fraction of sp³-hybridized carbons (Fsp3) is 0.118. The van der Waals surface area contributed by atoms with Crippen molar-refractivity contribution < 1.29 is 19.2 Å². The minimum absolute atomic E-state index is 0.0587. The van der Waals surface area contributed by atoms with Gasteiger partial charge in [-0.2, -0.15) is 0 Å². The summed E-state index contributed by atoms with van der Waals surface area (Å²) in [4.78, 5) is 34.0. The topological polar surface area (TPSA) is 123 Å². The molecule has 0 heterocycles. The lowest BCUT2D eigenvalue weighted by molar-refractivity contribution is -0.384. The van der Waals surface area contributed by atoms with Crippen LogP contribution in [-0.4, -0.2) is 28.5 Å². The van der Waals surface area contributed by atoms with Gasteiger partial charge in [0.15, 0.2) is 11.7 Å². The van der Waals surface area contributed by atoms with E-state index in [1.54, 1.807) is 6.07 Å². The molecule has 0 saturated carbocycles. The Balaban J connectivity index is 1.80. The zero-order valence-corrected chi connectivity index (χ0v) is 16.9. The third-order valence-corrected chi connectivity index (χ3v) is 4.13. The minimum atomic E-state index is -0.653. The maximum Gasteiger partial charge on any atom is 0.270 e. The summed E-state index contributed by atoms with van der Waals surface area (Å²) in [7, 11) is 0. The van der Waals surface area contributed by atoms with Gasteiger partial charge in [0.1, 0.15) is 5.75 Å². The van der Waals surface area contributed by atoms with Gasteiger partial charge in [-0.1, -0.05) is 12.1 Å². The number of benzene rings is 2. The van der Waals surface area contributed by atoms with Gasteiger partial charge in [0.05, 0.1) is 9.40 Å². The summed E-state index contributed by atoms with van der Waals surface area (Å²) in [6, 6.07) is 10.6. The monoisotopic (exact) mass is 466 g/mol. The quantitative estimate of drug-likeness (QED) is 0.351. The molecule has 0 aliphatic heterocycles. The van der Waals surface area contributed by atoms with Gasteiger partial charge in [-0.15, -0.1) is 0 Å². The molecule has 0 unspecified atom stereocenters. The SMILES string of the molecule is Cc1ccc(OCC(=O)NC(=S)NNC(=O)c2cccc([N+](=O)[O-])c2)c(Br)c1. The number of carbonyl (C=O) groups excluding carboxylic acids is 2. The molecule has 28 heavy (non-hydrogen) atoms. The maximum atomic E-state index is 12.0. The highest BCUT2D eigenvalue weighted by Crippen LogP contribution is 2.25. The molecule has 0 spiro atoms. The first kappa shape index (κ1) is 21.3. The molecule has 2 amide bonds. The molecule has 0 atom stereocenters. The van der Waals surface area contributed by atoms with Gasteiger partial charge in [0.25, 0.3) is 17.5 Å². The lowest BCUT2D eigenvalue weighted by Gasteiger charge is -2.12. The van der Waals surface area contributed by atoms with Gasteiger partial charge < -0.3 is 4.74 Å². The van der Waals surface area contributed by atoms with Crippen LogP contribution in [0.15, 0.2) is 46.9 Å². The predicted octanol–water partition coefficient (Wildman–Crippen LogP) is 2.38. The molecule has 0 saturated heterocycles. The van der Waals surface area contributed by atoms with Gasteiger partial charge >= 0.3 is 0 Å². The molecule has 0 fully saturated rings. The second kappa shape index (κ2) is 9.76. The molecular formula is C17H15BrN4O5S. The molecule has 9 nitrogen and oxygen atoms in total. The second-order valence-corrected chi connectivity index (χ2v) is 6.75. The number of hydrazine groups is 1. The van der Waals surface area contributed by atoms with E-state index >= 15 is 0 Å². The zero-order valence-electron chi connectivity index (χ0n) is 14.5. The summed E-state index contributed by atoms with van der Waals surface area (Å²) in [6.07, 6.45) is 0. The van der Waals surface area contributed by atoms with E-state index in [1.165, 1.54) is 18.2 Å². The summed E-state index contributed by atoms with van der Waals surface area (Å²) in [5.74, 6) is -0.687. The number of rotatable bonds is 5. The van der Waals surface area contributed by atoms with Crippen LogP contribution in [0.3, 0.4) is 0 Å². The van der Waals surface area contributed by atoms with Crippen LogP contribution < -0.4 is 20.9 Å². The number of thiocarbonyl (C=S) groups is 1. The van der Waals surface area contributed by atoms with Crippen molar-refractivity contribution in [2.75, 3.05) is 6.61 Å². The number of aryl methyl sites for hydroxylation is 1. The van der Waals surface area contributed by atoms with Crippen molar-refractivity contribution in [1.82, 2.24) is 16.2 Å². The molecule has 146 valence electrons. The lowest BCUT2D eigenvalue weighted by Crippen LogP contribution is -2.49. The third-order valence-electron chi connectivity index (χ3n) is 3.31. The molecule has 3 N–H and O–H groups in total. The van der Waals surface area contributed by atoms with Gasteiger partial charge in [-0.05, 0) is 58.8 Å². The van der Waals surface area contributed by atoms with E-state index in [0.29, 0.717) is 10.2 Å². The molecular weight excluding hydrogens is 452 g/mol. The van der Waals surface area contributed by atoms with Crippen molar-refractivity contribution in [3.63, 3.8) is 0 Å². The van der Waals surface area contributed by atoms with E-state index in [2.05, 4.69) is 32.1 Å². The molecule has 2 rings (SSSR count). The van der Waals surface area contributed by atoms with Gasteiger partial charge in [0.2, 0.25) is 0 Å². The van der Waals surface area contributed by atoms with E-state index in [0.717, 1.165) is 11.6 Å². The normalized spacial score (nSPS) is 9.93. The average molecular weight is 467 g/mol. The Kier molecular flexibility index (Phi) is 7.41. The standard InChI is InChI=1S/C17H15BrN4O5S/c1-10-5-6-14(13(18)7-10)27-9-15(23)19-17(28)21-20-16(24)11-3-2-4-12(8-11)22(25)26/h2-8H,9H2,1H3,(H,20,24)(H2,19,21,23,28). The molecule has 0 radical (unpaired) electrons. The fourth-order valence-electron chi connectivity index (χ4n) is 2.01. The highest BCUT2D eigenvalue weighted by atomic mass is 79.9. The highest BCUT2D eigenvalue weighted by Gasteiger charge is 2.12. The highest BCUT2D eigenvalue weighted by molar-refractivity contribution is 9.10. The average Bonchev–Trinajstić information content (AvgIpc) is 2.65. The first-order valence-electron chi connectivity index (χ1n) is 7.80. The predicted molar refractivity (Wildman–Crippen MR) is 109 cm³/mol. The van der Waals surface area contributed by atoms with Crippen molar-refractivity contribution in [1.29, 1.82) is 0 Å². The maximum absolute atomic E-state index is 12.0. The number of nitro benzene ring substituents is 1. The van der Waals surface area contributed by atoms with Crippen LogP contribution in [0, 0.1) is 17.0 Å². The Hall–Kier alpha value is -3.05. The molecule has 2 aromatic carbocycles. The Labute approximate surface area is 173 Å². The fourth-order valence-corrected chi connectivity index (χ4v) is 2.78. The van der Waals surface area contributed by atoms with E-state index in [1.807, 2.05) is 19.1 Å². The van der Waals surface area contributed by atoms with Gasteiger partial charge in [-0.25, -0.2) is 0 Å². The number of amides is 2. The number of ether oxygens (including phenoxy) is 1. The van der Waals surface area contributed by atoms with E-state index in [4.69, 9.17) is 17.0 Å². The van der Waals surface area contributed by atoms with Crippen LogP contribution in [0.4, 0.5) is 5.69 Å². The number of hydrogen-bond acceptors (Lipinski definition) is 6. The Morgan fingerprint density at radius 2 is 1.96 bits per heavy atom. The number of nitrogens with zero attached hydrogens (tertiary/aromatic N) is 1. The summed E-state index contributed by atoms with van der Waals surface area (Å²) >= 11 is 8.25. The van der Waals surface area contributed by atoms with Crippen molar-refractivity contribution in [3.05, 3.63) is 68.2 Å². The van der Waals surface area contributed by atoms with Crippen LogP contribution >= 0.6 is 28.1 Å². The third kappa shape index (κ3) is 6.28. The van der Waals surface area contributed by atoms with Gasteiger partial charge in [0, 0.05) is 17.7 Å².